The van der Waals surface area contributed by atoms with Crippen LogP contribution in [0.5, 0.6) is 11.8 Å². The minimum Gasteiger partial charge on any atom is -0.480 e. The molecule has 8 nitrogen and oxygen atoms in total. The first-order valence-corrected chi connectivity index (χ1v) is 8.17. The first kappa shape index (κ1) is 16.9. The third-order valence-corrected chi connectivity index (χ3v) is 4.16. The molecule has 0 saturated heterocycles. The number of aromatic amines is 1. The Kier molecular flexibility index (Phi) is 5.27. The number of nitrogens with one attached hydrogen (secondary N) is 2. The molecule has 1 saturated carbocycles. The summed E-state index contributed by atoms with van der Waals surface area (Å²) in [6, 6.07) is 3.18. The molecule has 0 unspecified atom stereocenters. The summed E-state index contributed by atoms with van der Waals surface area (Å²) in [5.74, 6) is 0.499. The number of rotatable bonds is 5. The molecule has 2 N–H and O–H groups in total. The van der Waals surface area contributed by atoms with E-state index >= 15 is 0 Å². The molecule has 8 heteroatoms. The van der Waals surface area contributed by atoms with Crippen molar-refractivity contribution in [3.63, 3.8) is 0 Å². The summed E-state index contributed by atoms with van der Waals surface area (Å²) in [7, 11) is 1.53. The molecule has 1 aliphatic carbocycles. The van der Waals surface area contributed by atoms with Crippen LogP contribution in [0.1, 0.15) is 36.0 Å². The van der Waals surface area contributed by atoms with Crippen LogP contribution < -0.4 is 20.3 Å². The lowest BCUT2D eigenvalue weighted by molar-refractivity contribution is 0.0887. The van der Waals surface area contributed by atoms with Gasteiger partial charge in [0.1, 0.15) is 11.7 Å². The number of amides is 1. The molecule has 132 valence electrons. The summed E-state index contributed by atoms with van der Waals surface area (Å²) in [6.45, 7) is 0. The van der Waals surface area contributed by atoms with Gasteiger partial charge in [0.2, 0.25) is 11.8 Å². The van der Waals surface area contributed by atoms with Gasteiger partial charge in [-0.15, -0.1) is 0 Å². The van der Waals surface area contributed by atoms with Crippen molar-refractivity contribution in [2.24, 2.45) is 0 Å². The zero-order valence-corrected chi connectivity index (χ0v) is 13.9. The van der Waals surface area contributed by atoms with Gasteiger partial charge in [-0.25, -0.2) is 0 Å². The van der Waals surface area contributed by atoms with Crippen molar-refractivity contribution in [1.82, 2.24) is 20.3 Å². The minimum atomic E-state index is -0.381. The summed E-state index contributed by atoms with van der Waals surface area (Å²) < 4.78 is 10.9. The molecule has 0 bridgehead atoms. The van der Waals surface area contributed by atoms with Crippen LogP contribution in [0.3, 0.4) is 0 Å². The lowest BCUT2D eigenvalue weighted by Crippen LogP contribution is -2.41. The van der Waals surface area contributed by atoms with Crippen molar-refractivity contribution in [1.29, 1.82) is 0 Å². The van der Waals surface area contributed by atoms with Crippen molar-refractivity contribution in [3.05, 3.63) is 46.6 Å². The number of hydrogen-bond acceptors (Lipinski definition) is 6. The maximum Gasteiger partial charge on any atom is 0.260 e. The normalized spacial score (nSPS) is 19.9. The van der Waals surface area contributed by atoms with Gasteiger partial charge in [0.15, 0.2) is 0 Å². The summed E-state index contributed by atoms with van der Waals surface area (Å²) >= 11 is 0. The molecule has 2 aromatic heterocycles. The molecule has 0 aliphatic heterocycles. The van der Waals surface area contributed by atoms with Crippen LogP contribution in [0.2, 0.25) is 0 Å². The second-order valence-electron chi connectivity index (χ2n) is 5.88. The topological polar surface area (TPSA) is 106 Å². The Labute approximate surface area is 144 Å². The fourth-order valence-corrected chi connectivity index (χ4v) is 2.85. The van der Waals surface area contributed by atoms with E-state index in [1.807, 2.05) is 0 Å². The molecule has 0 atom stereocenters. The van der Waals surface area contributed by atoms with Gasteiger partial charge in [0.25, 0.3) is 11.5 Å². The highest BCUT2D eigenvalue weighted by molar-refractivity contribution is 5.93. The Morgan fingerprint density at radius 3 is 2.72 bits per heavy atom. The van der Waals surface area contributed by atoms with E-state index in [0.717, 1.165) is 25.7 Å². The van der Waals surface area contributed by atoms with Crippen LogP contribution in [-0.4, -0.2) is 40.1 Å². The number of methoxy groups -OCH3 is 1. The summed E-state index contributed by atoms with van der Waals surface area (Å²) in [6.07, 6.45) is 7.72. The highest BCUT2D eigenvalue weighted by atomic mass is 16.5. The molecule has 2 heterocycles. The van der Waals surface area contributed by atoms with Gasteiger partial charge in [0, 0.05) is 12.2 Å². The smallest absolute Gasteiger partial charge is 0.260 e. The number of pyridine rings is 1. The van der Waals surface area contributed by atoms with Crippen LogP contribution in [0.25, 0.3) is 0 Å². The average Bonchev–Trinajstić information content (AvgIpc) is 2.64. The number of aromatic nitrogens is 3. The Bertz CT molecular complexity index is 784. The lowest BCUT2D eigenvalue weighted by atomic mass is 9.92. The predicted molar refractivity (Wildman–Crippen MR) is 89.8 cm³/mol. The molecule has 3 rings (SSSR count). The maximum absolute atomic E-state index is 12.2. The number of H-pyrrole nitrogens is 1. The van der Waals surface area contributed by atoms with Gasteiger partial charge >= 0.3 is 0 Å². The second-order valence-corrected chi connectivity index (χ2v) is 5.88. The second kappa shape index (κ2) is 7.78. The average molecular weight is 344 g/mol. The van der Waals surface area contributed by atoms with Crippen LogP contribution in [0, 0.1) is 0 Å². The van der Waals surface area contributed by atoms with Crippen LogP contribution in [-0.2, 0) is 0 Å². The molecule has 0 aromatic carbocycles. The van der Waals surface area contributed by atoms with Gasteiger partial charge < -0.3 is 19.8 Å². The molecular formula is C17H20N4O4. The predicted octanol–water partition coefficient (Wildman–Crippen LogP) is 1.29. The van der Waals surface area contributed by atoms with Gasteiger partial charge in [-0.05, 0) is 37.8 Å². The van der Waals surface area contributed by atoms with E-state index < -0.39 is 0 Å². The van der Waals surface area contributed by atoms with E-state index in [1.165, 1.54) is 25.6 Å². The van der Waals surface area contributed by atoms with Gasteiger partial charge in [-0.1, -0.05) is 0 Å². The zero-order chi connectivity index (χ0) is 17.6. The van der Waals surface area contributed by atoms with Crippen molar-refractivity contribution in [2.75, 3.05) is 7.11 Å². The maximum atomic E-state index is 12.2. The molecule has 0 spiro atoms. The first-order chi connectivity index (χ1) is 12.2. The highest BCUT2D eigenvalue weighted by Crippen LogP contribution is 2.23. The van der Waals surface area contributed by atoms with Crippen LogP contribution in [0.4, 0.5) is 0 Å². The molecule has 2 aromatic rings. The third-order valence-electron chi connectivity index (χ3n) is 4.16. The monoisotopic (exact) mass is 344 g/mol. The van der Waals surface area contributed by atoms with E-state index in [0.29, 0.717) is 11.8 Å². The first-order valence-electron chi connectivity index (χ1n) is 8.17. The Balaban J connectivity index is 1.51. The highest BCUT2D eigenvalue weighted by Gasteiger charge is 2.25. The largest absolute Gasteiger partial charge is 0.480 e. The third kappa shape index (κ3) is 4.34. The quantitative estimate of drug-likeness (QED) is 0.847. The molecule has 1 amide bonds. The Morgan fingerprint density at radius 1 is 1.24 bits per heavy atom. The number of carbonyl (C=O) groups excluding carboxylic acids is 1. The van der Waals surface area contributed by atoms with Crippen molar-refractivity contribution in [2.45, 2.75) is 37.8 Å². The SMILES string of the molecule is COc1cncc(OC2CCC(NC(=O)c3ccc[nH]c3=O)CC2)n1. The fourth-order valence-electron chi connectivity index (χ4n) is 2.85. The van der Waals surface area contributed by atoms with E-state index in [4.69, 9.17) is 9.47 Å². The molecule has 1 aliphatic rings. The van der Waals surface area contributed by atoms with E-state index in [9.17, 15) is 9.59 Å². The summed E-state index contributed by atoms with van der Waals surface area (Å²) in [4.78, 5) is 34.5. The van der Waals surface area contributed by atoms with Crippen molar-refractivity contribution >= 4 is 5.91 Å². The van der Waals surface area contributed by atoms with Crippen molar-refractivity contribution in [3.8, 4) is 11.8 Å². The van der Waals surface area contributed by atoms with E-state index in [1.54, 1.807) is 12.3 Å². The van der Waals surface area contributed by atoms with Crippen LogP contribution in [0.15, 0.2) is 35.5 Å². The van der Waals surface area contributed by atoms with E-state index in [-0.39, 0.29) is 29.2 Å². The molecule has 25 heavy (non-hydrogen) atoms. The molecule has 0 radical (unpaired) electrons. The van der Waals surface area contributed by atoms with Gasteiger partial charge in [0.05, 0.1) is 19.5 Å². The fraction of sp³-hybridized carbons (Fsp3) is 0.412. The van der Waals surface area contributed by atoms with Gasteiger partial charge in [-0.3, -0.25) is 14.6 Å². The van der Waals surface area contributed by atoms with Crippen LogP contribution >= 0.6 is 0 Å². The van der Waals surface area contributed by atoms with Crippen molar-refractivity contribution < 1.29 is 14.3 Å². The lowest BCUT2D eigenvalue weighted by Gasteiger charge is -2.29. The molecule has 1 fully saturated rings. The number of nitrogens with zero attached hydrogens (tertiary/aromatic N) is 2. The number of ether oxygens (including phenoxy) is 2. The van der Waals surface area contributed by atoms with Gasteiger partial charge in [-0.2, -0.15) is 4.98 Å². The Morgan fingerprint density at radius 2 is 2.00 bits per heavy atom. The number of carbonyl (C=O) groups is 1. The zero-order valence-electron chi connectivity index (χ0n) is 13.9. The standard InChI is InChI=1S/C17H20N4O4/c1-24-14-9-18-10-15(21-14)25-12-6-4-11(5-7-12)20-17(23)13-3-2-8-19-16(13)22/h2-3,8-12H,4-7H2,1H3,(H,19,22)(H,20,23). The Hall–Kier alpha value is -2.90. The number of hydrogen-bond donors (Lipinski definition) is 2. The van der Waals surface area contributed by atoms with E-state index in [2.05, 4.69) is 20.3 Å². The summed E-state index contributed by atoms with van der Waals surface area (Å²) in [5.41, 5.74) is -0.249. The molecular weight excluding hydrogens is 324 g/mol. The summed E-state index contributed by atoms with van der Waals surface area (Å²) in [5, 5.41) is 2.92. The minimum absolute atomic E-state index is 0.0229.